The van der Waals surface area contributed by atoms with Crippen molar-refractivity contribution in [3.8, 4) is 22.6 Å². The first kappa shape index (κ1) is 22.9. The monoisotopic (exact) mass is 474 g/mol. The molecule has 35 heavy (non-hydrogen) atoms. The van der Waals surface area contributed by atoms with Crippen LogP contribution in [0, 0.1) is 5.82 Å². The van der Waals surface area contributed by atoms with Crippen molar-refractivity contribution < 1.29 is 18.7 Å². The summed E-state index contributed by atoms with van der Waals surface area (Å²) in [6.07, 6.45) is 3.83. The second-order valence-electron chi connectivity index (χ2n) is 8.73. The first-order valence-electron chi connectivity index (χ1n) is 11.8. The highest BCUT2D eigenvalue weighted by atomic mass is 19.1. The topological polar surface area (TPSA) is 74.9 Å². The van der Waals surface area contributed by atoms with Crippen LogP contribution in [0.4, 0.5) is 15.8 Å². The maximum Gasteiger partial charge on any atom is 0.346 e. The Morgan fingerprint density at radius 2 is 1.71 bits per heavy atom. The van der Waals surface area contributed by atoms with Gasteiger partial charge in [-0.3, -0.25) is 4.90 Å². The van der Waals surface area contributed by atoms with Crippen molar-refractivity contribution in [2.75, 3.05) is 31.6 Å². The lowest BCUT2D eigenvalue weighted by atomic mass is 10.0. The molecule has 5 rings (SSSR count). The van der Waals surface area contributed by atoms with E-state index in [0.29, 0.717) is 23.2 Å². The predicted octanol–water partition coefficient (Wildman–Crippen LogP) is 5.91. The molecule has 0 unspecified atom stereocenters. The molecule has 2 heterocycles. The van der Waals surface area contributed by atoms with Crippen LogP contribution in [-0.2, 0) is 0 Å². The van der Waals surface area contributed by atoms with Gasteiger partial charge in [0.15, 0.2) is 0 Å². The number of fused-ring (bicyclic) bond motifs is 1. The van der Waals surface area contributed by atoms with E-state index in [1.807, 2.05) is 24.3 Å². The van der Waals surface area contributed by atoms with Crippen LogP contribution in [0.5, 0.6) is 11.5 Å². The number of piperidine rings is 1. The Balaban J connectivity index is 1.41. The fourth-order valence-electron chi connectivity index (χ4n) is 4.45. The highest BCUT2D eigenvalue weighted by Crippen LogP contribution is 2.36. The highest BCUT2D eigenvalue weighted by molar-refractivity contribution is 6.00. The highest BCUT2D eigenvalue weighted by Gasteiger charge is 2.18. The molecule has 1 aliphatic heterocycles. The number of halogens is 1. The van der Waals surface area contributed by atoms with Crippen molar-refractivity contribution in [1.82, 2.24) is 4.90 Å². The van der Waals surface area contributed by atoms with Crippen molar-refractivity contribution in [3.05, 3.63) is 83.0 Å². The van der Waals surface area contributed by atoms with Gasteiger partial charge >= 0.3 is 5.63 Å². The first-order valence-corrected chi connectivity index (χ1v) is 11.8. The van der Waals surface area contributed by atoms with E-state index in [9.17, 15) is 14.3 Å². The summed E-state index contributed by atoms with van der Waals surface area (Å²) >= 11 is 0. The number of anilines is 2. The SMILES string of the molecule is O=c1oc2cc(O)ccc2c(Nc2ccc(OCCN3CCCCC3)cc2)c1-c1ccc(F)cc1. The van der Waals surface area contributed by atoms with Crippen LogP contribution in [0.25, 0.3) is 22.1 Å². The molecule has 2 N–H and O–H groups in total. The Morgan fingerprint density at radius 1 is 0.971 bits per heavy atom. The van der Waals surface area contributed by atoms with Crippen LogP contribution >= 0.6 is 0 Å². The Morgan fingerprint density at radius 3 is 2.46 bits per heavy atom. The summed E-state index contributed by atoms with van der Waals surface area (Å²) in [7, 11) is 0. The van der Waals surface area contributed by atoms with E-state index >= 15 is 0 Å². The summed E-state index contributed by atoms with van der Waals surface area (Å²) < 4.78 is 24.9. The molecule has 180 valence electrons. The van der Waals surface area contributed by atoms with Crippen LogP contribution in [0.15, 0.2) is 75.9 Å². The number of aromatic hydroxyl groups is 1. The molecule has 1 saturated heterocycles. The minimum absolute atomic E-state index is 0.00723. The van der Waals surface area contributed by atoms with Gasteiger partial charge < -0.3 is 19.6 Å². The van der Waals surface area contributed by atoms with E-state index in [1.54, 1.807) is 6.07 Å². The molecule has 0 saturated carbocycles. The zero-order chi connectivity index (χ0) is 24.2. The van der Waals surface area contributed by atoms with Gasteiger partial charge in [0.25, 0.3) is 0 Å². The van der Waals surface area contributed by atoms with Gasteiger partial charge in [0.05, 0.1) is 11.3 Å². The molecular weight excluding hydrogens is 447 g/mol. The second-order valence-corrected chi connectivity index (χ2v) is 8.73. The molecule has 1 fully saturated rings. The van der Waals surface area contributed by atoms with E-state index in [-0.39, 0.29) is 16.9 Å². The minimum Gasteiger partial charge on any atom is -0.508 e. The summed E-state index contributed by atoms with van der Waals surface area (Å²) in [5, 5.41) is 13.8. The van der Waals surface area contributed by atoms with Crippen molar-refractivity contribution in [2.24, 2.45) is 0 Å². The summed E-state index contributed by atoms with van der Waals surface area (Å²) in [6, 6.07) is 17.8. The van der Waals surface area contributed by atoms with E-state index < -0.39 is 11.4 Å². The summed E-state index contributed by atoms with van der Waals surface area (Å²) in [5.74, 6) is 0.370. The van der Waals surface area contributed by atoms with Crippen LogP contribution in [0.1, 0.15) is 19.3 Å². The standard InChI is InChI=1S/C28H27FN2O4/c29-20-6-4-19(5-7-20)26-27(24-13-10-22(32)18-25(24)35-28(26)33)30-21-8-11-23(12-9-21)34-17-16-31-14-2-1-3-15-31/h4-13,18,30,32H,1-3,14-17H2. The third-order valence-electron chi connectivity index (χ3n) is 6.27. The molecule has 0 spiro atoms. The van der Waals surface area contributed by atoms with E-state index in [0.717, 1.165) is 31.1 Å². The largest absolute Gasteiger partial charge is 0.508 e. The fraction of sp³-hybridized carbons (Fsp3) is 0.250. The Bertz CT molecular complexity index is 1360. The van der Waals surface area contributed by atoms with Crippen LogP contribution in [-0.4, -0.2) is 36.2 Å². The van der Waals surface area contributed by atoms with E-state index in [2.05, 4.69) is 10.2 Å². The molecule has 0 aliphatic carbocycles. The summed E-state index contributed by atoms with van der Waals surface area (Å²) in [5.41, 5.74) is 1.73. The van der Waals surface area contributed by atoms with Gasteiger partial charge in [-0.25, -0.2) is 9.18 Å². The maximum atomic E-state index is 13.5. The number of nitrogens with zero attached hydrogens (tertiary/aromatic N) is 1. The summed E-state index contributed by atoms with van der Waals surface area (Å²) in [4.78, 5) is 15.4. The van der Waals surface area contributed by atoms with Crippen LogP contribution < -0.4 is 15.7 Å². The quantitative estimate of drug-likeness (QED) is 0.324. The first-order chi connectivity index (χ1) is 17.1. The molecule has 4 aromatic rings. The van der Waals surface area contributed by atoms with Gasteiger partial charge in [-0.1, -0.05) is 18.6 Å². The molecule has 0 radical (unpaired) electrons. The molecule has 0 amide bonds. The number of hydrogen-bond acceptors (Lipinski definition) is 6. The van der Waals surface area contributed by atoms with Crippen LogP contribution in [0.2, 0.25) is 0 Å². The molecule has 1 aliphatic rings. The van der Waals surface area contributed by atoms with Crippen LogP contribution in [0.3, 0.4) is 0 Å². The number of benzene rings is 3. The number of likely N-dealkylation sites (tertiary alicyclic amines) is 1. The fourth-order valence-corrected chi connectivity index (χ4v) is 4.45. The lowest BCUT2D eigenvalue weighted by Crippen LogP contribution is -2.33. The maximum absolute atomic E-state index is 13.5. The molecule has 7 heteroatoms. The van der Waals surface area contributed by atoms with Gasteiger partial charge in [-0.05, 0) is 80.0 Å². The molecule has 0 bridgehead atoms. The molecule has 1 aromatic heterocycles. The Hall–Kier alpha value is -3.84. The molecule has 6 nitrogen and oxygen atoms in total. The molecule has 0 atom stereocenters. The van der Waals surface area contributed by atoms with Crippen molar-refractivity contribution in [3.63, 3.8) is 0 Å². The van der Waals surface area contributed by atoms with Gasteiger partial charge in [0, 0.05) is 23.7 Å². The number of rotatable bonds is 7. The van der Waals surface area contributed by atoms with Gasteiger partial charge in [-0.15, -0.1) is 0 Å². The lowest BCUT2D eigenvalue weighted by molar-refractivity contribution is 0.183. The Kier molecular flexibility index (Phi) is 6.68. The van der Waals surface area contributed by atoms with E-state index in [1.165, 1.54) is 55.7 Å². The Labute approximate surface area is 202 Å². The average molecular weight is 475 g/mol. The third kappa shape index (κ3) is 5.30. The second kappa shape index (κ2) is 10.2. The normalized spacial score (nSPS) is 14.2. The zero-order valence-corrected chi connectivity index (χ0v) is 19.3. The average Bonchev–Trinajstić information content (AvgIpc) is 2.86. The van der Waals surface area contributed by atoms with Crippen molar-refractivity contribution in [1.29, 1.82) is 0 Å². The molecular formula is C28H27FN2O4. The smallest absolute Gasteiger partial charge is 0.346 e. The minimum atomic E-state index is -0.588. The molecule has 3 aromatic carbocycles. The zero-order valence-electron chi connectivity index (χ0n) is 19.3. The number of hydrogen-bond donors (Lipinski definition) is 2. The van der Waals surface area contributed by atoms with E-state index in [4.69, 9.17) is 9.15 Å². The number of ether oxygens (including phenoxy) is 1. The van der Waals surface area contributed by atoms with Gasteiger partial charge in [0.2, 0.25) is 0 Å². The third-order valence-corrected chi connectivity index (χ3v) is 6.27. The van der Waals surface area contributed by atoms with Gasteiger partial charge in [0.1, 0.15) is 29.5 Å². The number of phenolic OH excluding ortho intramolecular Hbond substituents is 1. The number of phenols is 1. The predicted molar refractivity (Wildman–Crippen MR) is 135 cm³/mol. The number of nitrogens with one attached hydrogen (secondary N) is 1. The van der Waals surface area contributed by atoms with Crippen molar-refractivity contribution >= 4 is 22.3 Å². The lowest BCUT2D eigenvalue weighted by Gasteiger charge is -2.26. The van der Waals surface area contributed by atoms with Crippen molar-refractivity contribution in [2.45, 2.75) is 19.3 Å². The van der Waals surface area contributed by atoms with Gasteiger partial charge in [-0.2, -0.15) is 0 Å². The summed E-state index contributed by atoms with van der Waals surface area (Å²) in [6.45, 7) is 3.83.